The lowest BCUT2D eigenvalue weighted by atomic mass is 10.2. The fourth-order valence-electron chi connectivity index (χ4n) is 1.78. The molecule has 1 aromatic carbocycles. The van der Waals surface area contributed by atoms with Crippen molar-refractivity contribution in [3.05, 3.63) is 18.2 Å². The highest BCUT2D eigenvalue weighted by molar-refractivity contribution is 5.89. The number of nitrogens with one attached hydrogen (secondary N) is 2. The van der Waals surface area contributed by atoms with Crippen molar-refractivity contribution in [2.45, 2.75) is 26.3 Å². The molecule has 0 fully saturated rings. The van der Waals surface area contributed by atoms with Gasteiger partial charge < -0.3 is 20.1 Å². The van der Waals surface area contributed by atoms with Gasteiger partial charge in [0.05, 0.1) is 19.4 Å². The molecule has 1 aromatic rings. The van der Waals surface area contributed by atoms with E-state index in [4.69, 9.17) is 9.47 Å². The predicted molar refractivity (Wildman–Crippen MR) is 76.9 cm³/mol. The maximum Gasteiger partial charge on any atom is 0.221 e. The van der Waals surface area contributed by atoms with Gasteiger partial charge in [-0.05, 0) is 24.6 Å². The molecule has 0 spiro atoms. The highest BCUT2D eigenvalue weighted by atomic mass is 16.5. The molecule has 1 atom stereocenters. The smallest absolute Gasteiger partial charge is 0.221 e. The van der Waals surface area contributed by atoms with Crippen LogP contribution in [0, 0.1) is 0 Å². The minimum absolute atomic E-state index is 0.0972. The second-order valence-electron chi connectivity index (χ2n) is 4.30. The number of carbonyl (C=O) groups excluding carboxylic acids is 1. The van der Waals surface area contributed by atoms with Gasteiger partial charge in [-0.3, -0.25) is 4.79 Å². The Balaban J connectivity index is 2.91. The van der Waals surface area contributed by atoms with E-state index in [9.17, 15) is 4.79 Å². The Labute approximate surface area is 114 Å². The molecule has 19 heavy (non-hydrogen) atoms. The number of carbonyl (C=O) groups is 1. The summed E-state index contributed by atoms with van der Waals surface area (Å²) >= 11 is 0. The number of amides is 1. The molecule has 1 unspecified atom stereocenters. The molecule has 0 aliphatic carbocycles. The second-order valence-corrected chi connectivity index (χ2v) is 4.30. The van der Waals surface area contributed by atoms with E-state index in [-0.39, 0.29) is 11.9 Å². The largest absolute Gasteiger partial charge is 0.495 e. The lowest BCUT2D eigenvalue weighted by Gasteiger charge is -2.20. The third-order valence-electron chi connectivity index (χ3n) is 2.74. The summed E-state index contributed by atoms with van der Waals surface area (Å²) in [6.07, 6.45) is 0.932. The quantitative estimate of drug-likeness (QED) is 0.796. The first-order chi connectivity index (χ1) is 9.10. The van der Waals surface area contributed by atoms with Gasteiger partial charge in [-0.2, -0.15) is 0 Å². The SMILES string of the molecule is CCC(COC)Nc1cc(NC(C)=O)ccc1OC. The fraction of sp³-hybridized carbons (Fsp3) is 0.500. The van der Waals surface area contributed by atoms with Crippen LogP contribution < -0.4 is 15.4 Å². The molecule has 106 valence electrons. The van der Waals surface area contributed by atoms with Crippen molar-refractivity contribution in [1.29, 1.82) is 0 Å². The van der Waals surface area contributed by atoms with E-state index in [1.54, 1.807) is 14.2 Å². The van der Waals surface area contributed by atoms with Crippen LogP contribution in [0.25, 0.3) is 0 Å². The molecular formula is C14H22N2O3. The third kappa shape index (κ3) is 4.79. The van der Waals surface area contributed by atoms with E-state index in [0.29, 0.717) is 6.61 Å². The summed E-state index contributed by atoms with van der Waals surface area (Å²) in [4.78, 5) is 11.1. The van der Waals surface area contributed by atoms with Gasteiger partial charge in [-0.1, -0.05) is 6.92 Å². The number of anilines is 2. The maximum absolute atomic E-state index is 11.1. The second kappa shape index (κ2) is 7.63. The Hall–Kier alpha value is -1.75. The number of ether oxygens (including phenoxy) is 2. The summed E-state index contributed by atoms with van der Waals surface area (Å²) in [6.45, 7) is 4.18. The van der Waals surface area contributed by atoms with Crippen LogP contribution in [0.15, 0.2) is 18.2 Å². The lowest BCUT2D eigenvalue weighted by molar-refractivity contribution is -0.114. The van der Waals surface area contributed by atoms with Gasteiger partial charge in [0.1, 0.15) is 5.75 Å². The fourth-order valence-corrected chi connectivity index (χ4v) is 1.78. The molecule has 1 rings (SSSR count). The molecule has 2 N–H and O–H groups in total. The van der Waals surface area contributed by atoms with E-state index >= 15 is 0 Å². The first kappa shape index (κ1) is 15.3. The molecule has 0 aromatic heterocycles. The van der Waals surface area contributed by atoms with E-state index in [0.717, 1.165) is 23.5 Å². The Morgan fingerprint density at radius 2 is 2.11 bits per heavy atom. The monoisotopic (exact) mass is 266 g/mol. The van der Waals surface area contributed by atoms with Gasteiger partial charge in [0.25, 0.3) is 0 Å². The van der Waals surface area contributed by atoms with Crippen molar-refractivity contribution in [2.75, 3.05) is 31.5 Å². The van der Waals surface area contributed by atoms with E-state index in [1.807, 2.05) is 18.2 Å². The minimum Gasteiger partial charge on any atom is -0.495 e. The number of rotatable bonds is 7. The molecule has 1 amide bonds. The van der Waals surface area contributed by atoms with Crippen molar-refractivity contribution in [1.82, 2.24) is 0 Å². The topological polar surface area (TPSA) is 59.6 Å². The molecular weight excluding hydrogens is 244 g/mol. The van der Waals surface area contributed by atoms with Crippen molar-refractivity contribution in [3.63, 3.8) is 0 Å². The van der Waals surface area contributed by atoms with Gasteiger partial charge >= 0.3 is 0 Å². The highest BCUT2D eigenvalue weighted by Crippen LogP contribution is 2.28. The molecule has 5 nitrogen and oxygen atoms in total. The number of hydrogen-bond donors (Lipinski definition) is 2. The van der Waals surface area contributed by atoms with Gasteiger partial charge in [0.15, 0.2) is 0 Å². The molecule has 0 aliphatic heterocycles. The van der Waals surface area contributed by atoms with E-state index < -0.39 is 0 Å². The zero-order valence-electron chi connectivity index (χ0n) is 11.9. The Bertz CT molecular complexity index is 421. The first-order valence-corrected chi connectivity index (χ1v) is 6.31. The van der Waals surface area contributed by atoms with Crippen LogP contribution in [0.5, 0.6) is 5.75 Å². The zero-order chi connectivity index (χ0) is 14.3. The van der Waals surface area contributed by atoms with Gasteiger partial charge in [0.2, 0.25) is 5.91 Å². The van der Waals surface area contributed by atoms with Crippen LogP contribution in [-0.4, -0.2) is 32.8 Å². The number of hydrogen-bond acceptors (Lipinski definition) is 4. The van der Waals surface area contributed by atoms with E-state index in [1.165, 1.54) is 6.92 Å². The van der Waals surface area contributed by atoms with E-state index in [2.05, 4.69) is 17.6 Å². The predicted octanol–water partition coefficient (Wildman–Crippen LogP) is 2.49. The molecule has 0 heterocycles. The number of benzene rings is 1. The van der Waals surface area contributed by atoms with Gasteiger partial charge in [-0.25, -0.2) is 0 Å². The van der Waals surface area contributed by atoms with Crippen molar-refractivity contribution in [3.8, 4) is 5.75 Å². The summed E-state index contributed by atoms with van der Waals surface area (Å²) in [5.41, 5.74) is 1.58. The molecule has 0 bridgehead atoms. The maximum atomic E-state index is 11.1. The van der Waals surface area contributed by atoms with Crippen LogP contribution in [0.4, 0.5) is 11.4 Å². The molecule has 0 radical (unpaired) electrons. The Morgan fingerprint density at radius 1 is 1.37 bits per heavy atom. The third-order valence-corrected chi connectivity index (χ3v) is 2.74. The van der Waals surface area contributed by atoms with Crippen molar-refractivity contribution in [2.24, 2.45) is 0 Å². The zero-order valence-corrected chi connectivity index (χ0v) is 11.9. The average molecular weight is 266 g/mol. The Kier molecular flexibility index (Phi) is 6.15. The normalized spacial score (nSPS) is 11.8. The van der Waals surface area contributed by atoms with Gasteiger partial charge in [-0.15, -0.1) is 0 Å². The highest BCUT2D eigenvalue weighted by Gasteiger charge is 2.10. The van der Waals surface area contributed by atoms with Crippen molar-refractivity contribution < 1.29 is 14.3 Å². The molecule has 0 saturated heterocycles. The van der Waals surface area contributed by atoms with Gasteiger partial charge in [0, 0.05) is 25.8 Å². The molecule has 5 heteroatoms. The standard InChI is InChI=1S/C14H22N2O3/c1-5-11(9-18-3)16-13-8-12(15-10(2)17)6-7-14(13)19-4/h6-8,11,16H,5,9H2,1-4H3,(H,15,17). The minimum atomic E-state index is -0.0972. The van der Waals surface area contributed by atoms with Crippen LogP contribution in [-0.2, 0) is 9.53 Å². The molecule has 0 aliphatic rings. The van der Waals surface area contributed by atoms with Crippen LogP contribution in [0.1, 0.15) is 20.3 Å². The summed E-state index contributed by atoms with van der Waals surface area (Å²) < 4.78 is 10.5. The number of methoxy groups -OCH3 is 2. The summed E-state index contributed by atoms with van der Waals surface area (Å²) in [6, 6.07) is 5.69. The summed E-state index contributed by atoms with van der Waals surface area (Å²) in [5, 5.41) is 6.12. The molecule has 0 saturated carbocycles. The lowest BCUT2D eigenvalue weighted by Crippen LogP contribution is -2.24. The van der Waals surface area contributed by atoms with Crippen LogP contribution >= 0.6 is 0 Å². The summed E-state index contributed by atoms with van der Waals surface area (Å²) in [7, 11) is 3.30. The summed E-state index contributed by atoms with van der Waals surface area (Å²) in [5.74, 6) is 0.642. The van der Waals surface area contributed by atoms with Crippen LogP contribution in [0.2, 0.25) is 0 Å². The van der Waals surface area contributed by atoms with Crippen LogP contribution in [0.3, 0.4) is 0 Å². The average Bonchev–Trinajstić information content (AvgIpc) is 2.38. The first-order valence-electron chi connectivity index (χ1n) is 6.31. The Morgan fingerprint density at radius 3 is 2.63 bits per heavy atom. The van der Waals surface area contributed by atoms with Crippen molar-refractivity contribution >= 4 is 17.3 Å².